The first-order chi connectivity index (χ1) is 9.35. The molecule has 0 amide bonds. The van der Waals surface area contributed by atoms with Crippen molar-refractivity contribution >= 4 is 55.0 Å². The van der Waals surface area contributed by atoms with Crippen LogP contribution in [-0.2, 0) is 19.2 Å². The molecule has 1 atom stereocenters. The summed E-state index contributed by atoms with van der Waals surface area (Å²) in [4.78, 5) is 49.7. The molecule has 0 aromatic rings. The summed E-state index contributed by atoms with van der Waals surface area (Å²) >= 11 is 6.63. The second kappa shape index (κ2) is 6.03. The Labute approximate surface area is 141 Å². The zero-order valence-corrected chi connectivity index (χ0v) is 16.0. The van der Waals surface area contributed by atoms with Crippen LogP contribution in [0.25, 0.3) is 0 Å². The van der Waals surface area contributed by atoms with Gasteiger partial charge in [0, 0.05) is 6.42 Å². The summed E-state index contributed by atoms with van der Waals surface area (Å²) < 4.78 is -0.0783. The number of carbonyl (C=O) groups is 4. The minimum absolute atomic E-state index is 0.0676. The van der Waals surface area contributed by atoms with Crippen LogP contribution in [0.15, 0.2) is 0 Å². The lowest BCUT2D eigenvalue weighted by atomic mass is 9.57. The van der Waals surface area contributed by atoms with E-state index >= 15 is 0 Å². The Bertz CT molecular complexity index is 476. The Morgan fingerprint density at radius 3 is 1.76 bits per heavy atom. The van der Waals surface area contributed by atoms with E-state index in [1.54, 1.807) is 0 Å². The average Bonchev–Trinajstić information content (AvgIpc) is 2.35. The van der Waals surface area contributed by atoms with Crippen LogP contribution < -0.4 is 0 Å². The normalized spacial score (nSPS) is 23.5. The Balaban J connectivity index is 3.17. The van der Waals surface area contributed by atoms with Gasteiger partial charge in [0.05, 0.1) is 14.6 Å². The highest BCUT2D eigenvalue weighted by Gasteiger charge is 2.59. The highest BCUT2D eigenvalue weighted by atomic mass is 79.9. The summed E-state index contributed by atoms with van der Waals surface area (Å²) in [6, 6.07) is 0. The van der Waals surface area contributed by atoms with Crippen molar-refractivity contribution in [2.75, 3.05) is 0 Å². The van der Waals surface area contributed by atoms with E-state index in [4.69, 9.17) is 0 Å². The lowest BCUT2D eigenvalue weighted by molar-refractivity contribution is -0.161. The molecule has 1 unspecified atom stereocenters. The van der Waals surface area contributed by atoms with Crippen LogP contribution >= 0.6 is 31.9 Å². The van der Waals surface area contributed by atoms with E-state index in [-0.39, 0.29) is 16.1 Å². The molecular weight excluding hydrogens is 404 g/mol. The van der Waals surface area contributed by atoms with E-state index in [9.17, 15) is 19.2 Å². The SMILES string of the molecule is CC(CC(=O)C1C(=O)C(C)(C)C(=O)C(C)(C)C1=O)C(Br)Br. The molecule has 0 aromatic carbocycles. The van der Waals surface area contributed by atoms with E-state index < -0.39 is 39.9 Å². The van der Waals surface area contributed by atoms with Crippen molar-refractivity contribution in [1.82, 2.24) is 0 Å². The fraction of sp³-hybridized carbons (Fsp3) is 0.733. The maximum Gasteiger partial charge on any atom is 0.163 e. The quantitative estimate of drug-likeness (QED) is 0.514. The fourth-order valence-electron chi connectivity index (χ4n) is 2.66. The molecular formula is C15H20Br2O4. The zero-order chi connectivity index (χ0) is 16.7. The average molecular weight is 424 g/mol. The van der Waals surface area contributed by atoms with E-state index in [0.717, 1.165) is 0 Å². The van der Waals surface area contributed by atoms with Crippen molar-refractivity contribution in [2.45, 2.75) is 44.8 Å². The van der Waals surface area contributed by atoms with Gasteiger partial charge in [-0.25, -0.2) is 0 Å². The van der Waals surface area contributed by atoms with Crippen LogP contribution in [0.1, 0.15) is 41.0 Å². The molecule has 6 heteroatoms. The topological polar surface area (TPSA) is 68.3 Å². The first kappa shape index (κ1) is 18.7. The summed E-state index contributed by atoms with van der Waals surface area (Å²) in [5, 5.41) is 0. The van der Waals surface area contributed by atoms with Crippen molar-refractivity contribution in [3.05, 3.63) is 0 Å². The van der Waals surface area contributed by atoms with Crippen LogP contribution in [0, 0.1) is 22.7 Å². The smallest absolute Gasteiger partial charge is 0.163 e. The van der Waals surface area contributed by atoms with Gasteiger partial charge >= 0.3 is 0 Å². The summed E-state index contributed by atoms with van der Waals surface area (Å²) in [6.07, 6.45) is 0.101. The third-order valence-electron chi connectivity index (χ3n) is 4.17. The lowest BCUT2D eigenvalue weighted by Crippen LogP contribution is -2.59. The molecule has 21 heavy (non-hydrogen) atoms. The number of hydrogen-bond acceptors (Lipinski definition) is 4. The minimum Gasteiger partial charge on any atom is -0.298 e. The Kier molecular flexibility index (Phi) is 5.37. The molecule has 0 aromatic heterocycles. The molecule has 0 aliphatic heterocycles. The van der Waals surface area contributed by atoms with Gasteiger partial charge in [-0.1, -0.05) is 38.8 Å². The van der Waals surface area contributed by atoms with Gasteiger partial charge < -0.3 is 0 Å². The van der Waals surface area contributed by atoms with Gasteiger partial charge in [0.25, 0.3) is 0 Å². The van der Waals surface area contributed by atoms with Crippen molar-refractivity contribution in [1.29, 1.82) is 0 Å². The monoisotopic (exact) mass is 422 g/mol. The van der Waals surface area contributed by atoms with Gasteiger partial charge in [-0.2, -0.15) is 0 Å². The molecule has 0 saturated heterocycles. The molecule has 0 heterocycles. The molecule has 0 spiro atoms. The molecule has 1 saturated carbocycles. The lowest BCUT2D eigenvalue weighted by Gasteiger charge is -2.40. The summed E-state index contributed by atoms with van der Waals surface area (Å²) in [5.41, 5.74) is -2.60. The number of alkyl halides is 2. The first-order valence-corrected chi connectivity index (χ1v) is 8.62. The molecule has 1 aliphatic rings. The first-order valence-electron chi connectivity index (χ1n) is 6.79. The molecule has 1 aliphatic carbocycles. The van der Waals surface area contributed by atoms with Crippen LogP contribution in [0.2, 0.25) is 0 Å². The number of ketones is 4. The maximum absolute atomic E-state index is 12.5. The molecule has 4 nitrogen and oxygen atoms in total. The number of Topliss-reactive ketones (excluding diaryl/α,β-unsaturated/α-hetero) is 4. The molecule has 1 rings (SSSR count). The Hall–Kier alpha value is -0.360. The van der Waals surface area contributed by atoms with Gasteiger partial charge in [0.2, 0.25) is 0 Å². The molecule has 118 valence electrons. The van der Waals surface area contributed by atoms with E-state index in [1.165, 1.54) is 27.7 Å². The van der Waals surface area contributed by atoms with Crippen LogP contribution in [0.4, 0.5) is 0 Å². The molecule has 0 bridgehead atoms. The molecule has 0 radical (unpaired) electrons. The highest BCUT2D eigenvalue weighted by Crippen LogP contribution is 2.41. The predicted molar refractivity (Wildman–Crippen MR) is 86.5 cm³/mol. The minimum atomic E-state index is -1.33. The van der Waals surface area contributed by atoms with Gasteiger partial charge in [0.15, 0.2) is 23.1 Å². The standard InChI is InChI=1S/C15H20Br2O4/c1-7(12(16)17)6-8(18)9-10(19)14(2,3)13(21)15(4,5)11(9)20/h7,9,12H,6H2,1-5H3. The fourth-order valence-corrected chi connectivity index (χ4v) is 3.04. The Morgan fingerprint density at radius 2 is 1.43 bits per heavy atom. The van der Waals surface area contributed by atoms with Gasteiger partial charge in [-0.15, -0.1) is 0 Å². The molecule has 1 fully saturated rings. The number of rotatable bonds is 4. The van der Waals surface area contributed by atoms with Crippen molar-refractivity contribution < 1.29 is 19.2 Å². The summed E-state index contributed by atoms with van der Waals surface area (Å²) in [6.45, 7) is 7.81. The van der Waals surface area contributed by atoms with Gasteiger partial charge in [-0.3, -0.25) is 19.2 Å². The largest absolute Gasteiger partial charge is 0.298 e. The number of hydrogen-bond donors (Lipinski definition) is 0. The van der Waals surface area contributed by atoms with E-state index in [0.29, 0.717) is 0 Å². The number of carbonyl (C=O) groups excluding carboxylic acids is 4. The van der Waals surface area contributed by atoms with Crippen LogP contribution in [-0.4, -0.2) is 26.9 Å². The van der Waals surface area contributed by atoms with Crippen LogP contribution in [0.5, 0.6) is 0 Å². The predicted octanol–water partition coefficient (Wildman–Crippen LogP) is 3.09. The zero-order valence-electron chi connectivity index (χ0n) is 12.8. The van der Waals surface area contributed by atoms with Crippen LogP contribution in [0.3, 0.4) is 0 Å². The third-order valence-corrected chi connectivity index (χ3v) is 5.97. The van der Waals surface area contributed by atoms with Crippen molar-refractivity contribution in [2.24, 2.45) is 22.7 Å². The Morgan fingerprint density at radius 1 is 1.05 bits per heavy atom. The second-order valence-corrected chi connectivity index (χ2v) is 9.92. The molecule has 0 N–H and O–H groups in total. The second-order valence-electron chi connectivity index (χ2n) is 6.72. The van der Waals surface area contributed by atoms with E-state index in [1.807, 2.05) is 6.92 Å². The van der Waals surface area contributed by atoms with Gasteiger partial charge in [-0.05, 0) is 33.6 Å². The van der Waals surface area contributed by atoms with Gasteiger partial charge in [0.1, 0.15) is 5.92 Å². The van der Waals surface area contributed by atoms with E-state index in [2.05, 4.69) is 31.9 Å². The highest BCUT2D eigenvalue weighted by molar-refractivity contribution is 9.24. The third kappa shape index (κ3) is 3.21. The maximum atomic E-state index is 12.5. The summed E-state index contributed by atoms with van der Waals surface area (Å²) in [7, 11) is 0. The van der Waals surface area contributed by atoms with Crippen molar-refractivity contribution in [3.8, 4) is 0 Å². The van der Waals surface area contributed by atoms with Crippen molar-refractivity contribution in [3.63, 3.8) is 0 Å². The summed E-state index contributed by atoms with van der Waals surface area (Å²) in [5.74, 6) is -3.36. The number of halogens is 2.